The quantitative estimate of drug-likeness (QED) is 0.343. The second-order valence-corrected chi connectivity index (χ2v) is 4.91. The first-order valence-corrected chi connectivity index (χ1v) is 6.71. The summed E-state index contributed by atoms with van der Waals surface area (Å²) in [5, 5.41) is 15.1. The Bertz CT molecular complexity index is 634. The maximum atomic E-state index is 13.4. The molecule has 1 atom stereocenters. The Labute approximate surface area is 127 Å². The number of oxime groups is 1. The lowest BCUT2D eigenvalue weighted by Gasteiger charge is -2.17. The second kappa shape index (κ2) is 6.95. The first kappa shape index (κ1) is 15.1. The summed E-state index contributed by atoms with van der Waals surface area (Å²) in [7, 11) is 0. The Morgan fingerprint density at radius 1 is 1.29 bits per heavy atom. The van der Waals surface area contributed by atoms with Gasteiger partial charge in [0.25, 0.3) is 0 Å². The predicted octanol–water partition coefficient (Wildman–Crippen LogP) is 3.42. The summed E-state index contributed by atoms with van der Waals surface area (Å²) in [5.41, 5.74) is 7.20. The molecule has 110 valence electrons. The molecule has 0 aromatic heterocycles. The highest BCUT2D eigenvalue weighted by Gasteiger charge is 2.16. The Kier molecular flexibility index (Phi) is 5.00. The molecule has 0 bridgehead atoms. The fraction of sp³-hybridized carbons (Fsp3) is 0.133. The van der Waals surface area contributed by atoms with Crippen molar-refractivity contribution in [3.8, 4) is 0 Å². The van der Waals surface area contributed by atoms with Crippen molar-refractivity contribution in [2.45, 2.75) is 5.92 Å². The minimum atomic E-state index is -0.498. The first-order chi connectivity index (χ1) is 10.1. The lowest BCUT2D eigenvalue weighted by atomic mass is 9.98. The zero-order valence-corrected chi connectivity index (χ0v) is 11.9. The third-order valence-electron chi connectivity index (χ3n) is 3.10. The molecule has 0 aliphatic heterocycles. The lowest BCUT2D eigenvalue weighted by Crippen LogP contribution is -2.28. The molecule has 6 heteroatoms. The van der Waals surface area contributed by atoms with Gasteiger partial charge in [0.1, 0.15) is 11.7 Å². The number of nitrogens with one attached hydrogen (secondary N) is 1. The molecule has 21 heavy (non-hydrogen) atoms. The van der Waals surface area contributed by atoms with Gasteiger partial charge in [-0.2, -0.15) is 0 Å². The summed E-state index contributed by atoms with van der Waals surface area (Å²) in [6.07, 6.45) is 0. The Morgan fingerprint density at radius 2 is 2.00 bits per heavy atom. The van der Waals surface area contributed by atoms with E-state index in [2.05, 4.69) is 10.5 Å². The van der Waals surface area contributed by atoms with Gasteiger partial charge < -0.3 is 16.3 Å². The van der Waals surface area contributed by atoms with Crippen LogP contribution < -0.4 is 11.1 Å². The molecule has 0 fully saturated rings. The number of rotatable bonds is 5. The number of hydrogen-bond acceptors (Lipinski definition) is 3. The van der Waals surface area contributed by atoms with Gasteiger partial charge in [-0.15, -0.1) is 0 Å². The predicted molar refractivity (Wildman–Crippen MR) is 82.5 cm³/mol. The molecule has 2 aromatic rings. The van der Waals surface area contributed by atoms with E-state index in [0.29, 0.717) is 12.2 Å². The van der Waals surface area contributed by atoms with E-state index in [4.69, 9.17) is 22.5 Å². The highest BCUT2D eigenvalue weighted by Crippen LogP contribution is 2.21. The molecular formula is C15H15ClFN3O. The van der Waals surface area contributed by atoms with Crippen LogP contribution in [0.3, 0.4) is 0 Å². The van der Waals surface area contributed by atoms with E-state index < -0.39 is 5.82 Å². The van der Waals surface area contributed by atoms with Crippen LogP contribution in [0.25, 0.3) is 0 Å². The largest absolute Gasteiger partial charge is 0.409 e. The molecule has 0 aliphatic rings. The molecule has 0 saturated heterocycles. The molecule has 0 radical (unpaired) electrons. The van der Waals surface area contributed by atoms with E-state index in [9.17, 15) is 4.39 Å². The molecule has 4 nitrogen and oxygen atoms in total. The normalized spacial score (nSPS) is 13.0. The summed E-state index contributed by atoms with van der Waals surface area (Å²) >= 11 is 5.64. The highest BCUT2D eigenvalue weighted by molar-refractivity contribution is 6.30. The highest BCUT2D eigenvalue weighted by atomic mass is 35.5. The molecule has 2 aromatic carbocycles. The molecule has 0 aliphatic carbocycles. The molecule has 0 amide bonds. The molecule has 0 saturated carbocycles. The lowest BCUT2D eigenvalue weighted by molar-refractivity contribution is 0.316. The smallest absolute Gasteiger partial charge is 0.148 e. The van der Waals surface area contributed by atoms with Crippen LogP contribution in [0.2, 0.25) is 5.02 Å². The minimum Gasteiger partial charge on any atom is -0.409 e. The van der Waals surface area contributed by atoms with Crippen molar-refractivity contribution in [1.29, 1.82) is 0 Å². The third kappa shape index (κ3) is 3.86. The molecule has 2 rings (SSSR count). The van der Waals surface area contributed by atoms with Crippen LogP contribution in [0.4, 0.5) is 10.1 Å². The number of amidine groups is 1. The zero-order chi connectivity index (χ0) is 15.2. The topological polar surface area (TPSA) is 70.6 Å². The number of halogens is 2. The summed E-state index contributed by atoms with van der Waals surface area (Å²) in [6.45, 7) is 0.362. The van der Waals surface area contributed by atoms with Gasteiger partial charge >= 0.3 is 0 Å². The zero-order valence-electron chi connectivity index (χ0n) is 11.1. The van der Waals surface area contributed by atoms with Crippen molar-refractivity contribution in [3.63, 3.8) is 0 Å². The van der Waals surface area contributed by atoms with Crippen molar-refractivity contribution in [2.24, 2.45) is 10.9 Å². The van der Waals surface area contributed by atoms with Crippen LogP contribution >= 0.6 is 11.6 Å². The van der Waals surface area contributed by atoms with Gasteiger partial charge in [0.2, 0.25) is 0 Å². The van der Waals surface area contributed by atoms with Crippen molar-refractivity contribution < 1.29 is 9.60 Å². The van der Waals surface area contributed by atoms with Crippen molar-refractivity contribution in [3.05, 3.63) is 64.9 Å². The van der Waals surface area contributed by atoms with E-state index in [0.717, 1.165) is 5.56 Å². The number of anilines is 1. The number of nitrogens with zero attached hydrogens (tertiary/aromatic N) is 1. The van der Waals surface area contributed by atoms with Gasteiger partial charge in [-0.05, 0) is 23.8 Å². The van der Waals surface area contributed by atoms with Crippen LogP contribution in [0, 0.1) is 5.82 Å². The maximum Gasteiger partial charge on any atom is 0.148 e. The Hall–Kier alpha value is -2.27. The maximum absolute atomic E-state index is 13.4. The van der Waals surface area contributed by atoms with Gasteiger partial charge in [0, 0.05) is 12.2 Å². The minimum absolute atomic E-state index is 0.0663. The summed E-state index contributed by atoms with van der Waals surface area (Å²) in [6, 6.07) is 13.8. The standard InChI is InChI=1S/C15H15ClFN3O/c16-13-7-6-11(8-14(13)17)19-9-12(15(18)20-21)10-4-2-1-3-5-10/h1-8,12,19,21H,9H2,(H2,18,20). The Morgan fingerprint density at radius 3 is 2.62 bits per heavy atom. The van der Waals surface area contributed by atoms with E-state index in [-0.39, 0.29) is 16.8 Å². The van der Waals surface area contributed by atoms with E-state index in [1.807, 2.05) is 30.3 Å². The number of hydrogen-bond donors (Lipinski definition) is 3. The van der Waals surface area contributed by atoms with Crippen LogP contribution in [0.1, 0.15) is 11.5 Å². The Balaban J connectivity index is 2.15. The molecule has 0 spiro atoms. The van der Waals surface area contributed by atoms with Gasteiger partial charge in [-0.25, -0.2) is 4.39 Å². The summed E-state index contributed by atoms with van der Waals surface area (Å²) < 4.78 is 13.4. The number of nitrogens with two attached hydrogens (primary N) is 1. The second-order valence-electron chi connectivity index (χ2n) is 4.50. The van der Waals surface area contributed by atoms with Crippen molar-refractivity contribution >= 4 is 23.1 Å². The van der Waals surface area contributed by atoms with Crippen LogP contribution in [0.15, 0.2) is 53.7 Å². The van der Waals surface area contributed by atoms with Crippen LogP contribution in [-0.4, -0.2) is 17.6 Å². The SMILES string of the molecule is NC(=NO)C(CNc1ccc(Cl)c(F)c1)c1ccccc1. The summed E-state index contributed by atoms with van der Waals surface area (Å²) in [5.74, 6) is -0.736. The van der Waals surface area contributed by atoms with Crippen LogP contribution in [-0.2, 0) is 0 Å². The van der Waals surface area contributed by atoms with Gasteiger partial charge in [-0.3, -0.25) is 0 Å². The summed E-state index contributed by atoms with van der Waals surface area (Å²) in [4.78, 5) is 0. The molecule has 1 unspecified atom stereocenters. The first-order valence-electron chi connectivity index (χ1n) is 6.33. The van der Waals surface area contributed by atoms with E-state index in [1.165, 1.54) is 12.1 Å². The molecular weight excluding hydrogens is 293 g/mol. The fourth-order valence-corrected chi connectivity index (χ4v) is 2.09. The van der Waals surface area contributed by atoms with E-state index >= 15 is 0 Å². The van der Waals surface area contributed by atoms with Gasteiger partial charge in [0.05, 0.1) is 10.9 Å². The fourth-order valence-electron chi connectivity index (χ4n) is 1.97. The van der Waals surface area contributed by atoms with E-state index in [1.54, 1.807) is 6.07 Å². The van der Waals surface area contributed by atoms with Crippen LogP contribution in [0.5, 0.6) is 0 Å². The van der Waals surface area contributed by atoms with Gasteiger partial charge in [0.15, 0.2) is 0 Å². The average Bonchev–Trinajstić information content (AvgIpc) is 2.51. The monoisotopic (exact) mass is 307 g/mol. The average molecular weight is 308 g/mol. The molecule has 4 N–H and O–H groups in total. The third-order valence-corrected chi connectivity index (χ3v) is 3.41. The van der Waals surface area contributed by atoms with Crippen molar-refractivity contribution in [1.82, 2.24) is 0 Å². The van der Waals surface area contributed by atoms with Gasteiger partial charge in [-0.1, -0.05) is 47.1 Å². The molecule has 0 heterocycles. The van der Waals surface area contributed by atoms with Crippen molar-refractivity contribution in [2.75, 3.05) is 11.9 Å². The number of benzene rings is 2.